The Kier molecular flexibility index (Phi) is 5.72. The van der Waals surface area contributed by atoms with Crippen LogP contribution in [0.5, 0.6) is 0 Å². The van der Waals surface area contributed by atoms with Crippen molar-refractivity contribution in [2.45, 2.75) is 58.0 Å². The molecule has 2 heterocycles. The van der Waals surface area contributed by atoms with E-state index in [9.17, 15) is 4.79 Å². The van der Waals surface area contributed by atoms with Gasteiger partial charge in [-0.15, -0.1) is 0 Å². The van der Waals surface area contributed by atoms with Crippen LogP contribution in [0.1, 0.15) is 44.7 Å². The first kappa shape index (κ1) is 17.2. The van der Waals surface area contributed by atoms with Gasteiger partial charge in [0, 0.05) is 24.8 Å². The number of likely N-dealkylation sites (tertiary alicyclic amines) is 1. The molecule has 0 radical (unpaired) electrons. The standard InChI is InChI=1S/C19H30N4O/c1-14-6-5-9-18(21-14)20-12-16-10-11-23(13-16)15(2)19(24)22-17-7-3-4-8-17/h5-6,9,15-17H,3-4,7-8,10-13H2,1-2H3,(H,20,21)(H,22,24)/t15-,16+/m1/s1. The molecule has 0 aromatic carbocycles. The number of nitrogens with one attached hydrogen (secondary N) is 2. The van der Waals surface area contributed by atoms with Crippen molar-refractivity contribution in [1.82, 2.24) is 15.2 Å². The third-order valence-electron chi connectivity index (χ3n) is 5.41. The van der Waals surface area contributed by atoms with Crippen molar-refractivity contribution in [1.29, 1.82) is 0 Å². The Hall–Kier alpha value is -1.62. The summed E-state index contributed by atoms with van der Waals surface area (Å²) in [6, 6.07) is 6.44. The Balaban J connectivity index is 1.43. The lowest BCUT2D eigenvalue weighted by Gasteiger charge is -2.25. The van der Waals surface area contributed by atoms with Gasteiger partial charge in [-0.25, -0.2) is 4.98 Å². The molecule has 1 amide bonds. The maximum atomic E-state index is 12.4. The smallest absolute Gasteiger partial charge is 0.237 e. The third kappa shape index (κ3) is 4.47. The van der Waals surface area contributed by atoms with Gasteiger partial charge in [0.05, 0.1) is 6.04 Å². The summed E-state index contributed by atoms with van der Waals surface area (Å²) in [7, 11) is 0. The van der Waals surface area contributed by atoms with Crippen molar-refractivity contribution in [3.63, 3.8) is 0 Å². The fourth-order valence-electron chi connectivity index (χ4n) is 3.83. The molecule has 132 valence electrons. The van der Waals surface area contributed by atoms with E-state index in [1.54, 1.807) is 0 Å². The second-order valence-electron chi connectivity index (χ2n) is 7.36. The van der Waals surface area contributed by atoms with E-state index in [1.807, 2.05) is 32.0 Å². The van der Waals surface area contributed by atoms with E-state index in [0.717, 1.165) is 50.4 Å². The Morgan fingerprint density at radius 3 is 2.88 bits per heavy atom. The highest BCUT2D eigenvalue weighted by atomic mass is 16.2. The molecular formula is C19H30N4O. The minimum Gasteiger partial charge on any atom is -0.370 e. The van der Waals surface area contributed by atoms with Crippen molar-refractivity contribution in [3.8, 4) is 0 Å². The lowest BCUT2D eigenvalue weighted by molar-refractivity contribution is -0.126. The highest BCUT2D eigenvalue weighted by Gasteiger charge is 2.30. The molecule has 2 N–H and O–H groups in total. The van der Waals surface area contributed by atoms with Gasteiger partial charge < -0.3 is 10.6 Å². The van der Waals surface area contributed by atoms with Crippen LogP contribution < -0.4 is 10.6 Å². The van der Waals surface area contributed by atoms with Gasteiger partial charge in [0.1, 0.15) is 5.82 Å². The highest BCUT2D eigenvalue weighted by molar-refractivity contribution is 5.81. The number of carbonyl (C=O) groups is 1. The first-order valence-corrected chi connectivity index (χ1v) is 9.34. The third-order valence-corrected chi connectivity index (χ3v) is 5.41. The monoisotopic (exact) mass is 330 g/mol. The van der Waals surface area contributed by atoms with Gasteiger partial charge in [-0.1, -0.05) is 18.9 Å². The first-order chi connectivity index (χ1) is 11.6. The molecule has 3 rings (SSSR count). The summed E-state index contributed by atoms with van der Waals surface area (Å²) in [5.41, 5.74) is 1.03. The van der Waals surface area contributed by atoms with E-state index >= 15 is 0 Å². The van der Waals surface area contributed by atoms with Crippen molar-refractivity contribution in [3.05, 3.63) is 23.9 Å². The molecule has 1 saturated carbocycles. The Bertz CT molecular complexity index is 556. The van der Waals surface area contributed by atoms with Gasteiger partial charge >= 0.3 is 0 Å². The van der Waals surface area contributed by atoms with E-state index in [2.05, 4.69) is 20.5 Å². The highest BCUT2D eigenvalue weighted by Crippen LogP contribution is 2.21. The predicted octanol–water partition coefficient (Wildman–Crippen LogP) is 2.57. The summed E-state index contributed by atoms with van der Waals surface area (Å²) >= 11 is 0. The van der Waals surface area contributed by atoms with Crippen LogP contribution in [0.15, 0.2) is 18.2 Å². The Morgan fingerprint density at radius 2 is 2.12 bits per heavy atom. The summed E-state index contributed by atoms with van der Waals surface area (Å²) in [5, 5.41) is 6.66. The van der Waals surface area contributed by atoms with Crippen LogP contribution in [0.25, 0.3) is 0 Å². The summed E-state index contributed by atoms with van der Waals surface area (Å²) in [5.74, 6) is 1.73. The number of carbonyl (C=O) groups excluding carboxylic acids is 1. The fourth-order valence-corrected chi connectivity index (χ4v) is 3.83. The van der Waals surface area contributed by atoms with Gasteiger partial charge in [-0.3, -0.25) is 9.69 Å². The topological polar surface area (TPSA) is 57.3 Å². The molecular weight excluding hydrogens is 300 g/mol. The SMILES string of the molecule is Cc1cccc(NC[C@@H]2CCN([C@H](C)C(=O)NC3CCCC3)C2)n1. The molecule has 24 heavy (non-hydrogen) atoms. The lowest BCUT2D eigenvalue weighted by Crippen LogP contribution is -2.47. The number of aryl methyl sites for hydroxylation is 1. The number of hydrogen-bond acceptors (Lipinski definition) is 4. The minimum absolute atomic E-state index is 0.0207. The van der Waals surface area contributed by atoms with Crippen molar-refractivity contribution < 1.29 is 4.79 Å². The molecule has 2 aliphatic rings. The van der Waals surface area contributed by atoms with Crippen molar-refractivity contribution in [2.75, 3.05) is 25.0 Å². The summed E-state index contributed by atoms with van der Waals surface area (Å²) in [6.45, 7) is 6.96. The summed E-state index contributed by atoms with van der Waals surface area (Å²) in [4.78, 5) is 19.2. The molecule has 5 nitrogen and oxygen atoms in total. The minimum atomic E-state index is -0.0207. The average molecular weight is 330 g/mol. The van der Waals surface area contributed by atoms with Gasteiger partial charge in [0.15, 0.2) is 0 Å². The van der Waals surface area contributed by atoms with Crippen LogP contribution in [0.4, 0.5) is 5.82 Å². The molecule has 1 aliphatic heterocycles. The van der Waals surface area contributed by atoms with Gasteiger partial charge in [-0.2, -0.15) is 0 Å². The zero-order valence-corrected chi connectivity index (χ0v) is 14.9. The van der Waals surface area contributed by atoms with Gasteiger partial charge in [-0.05, 0) is 57.7 Å². The predicted molar refractivity (Wildman–Crippen MR) is 97.0 cm³/mol. The number of aromatic nitrogens is 1. The molecule has 1 aromatic heterocycles. The van der Waals surface area contributed by atoms with Crippen LogP contribution in [0.2, 0.25) is 0 Å². The largest absolute Gasteiger partial charge is 0.370 e. The lowest BCUT2D eigenvalue weighted by atomic mass is 10.1. The molecule has 2 fully saturated rings. The maximum Gasteiger partial charge on any atom is 0.237 e. The normalized spacial score (nSPS) is 23.3. The number of pyridine rings is 1. The van der Waals surface area contributed by atoms with Crippen molar-refractivity contribution >= 4 is 11.7 Å². The first-order valence-electron chi connectivity index (χ1n) is 9.34. The second kappa shape index (κ2) is 7.97. The van der Waals surface area contributed by atoms with Crippen molar-refractivity contribution in [2.24, 2.45) is 5.92 Å². The molecule has 0 spiro atoms. The molecule has 1 saturated heterocycles. The summed E-state index contributed by atoms with van der Waals surface area (Å²) < 4.78 is 0. The Labute approximate surface area is 145 Å². The number of amides is 1. The number of nitrogens with zero attached hydrogens (tertiary/aromatic N) is 2. The van der Waals surface area contributed by atoms with E-state index in [-0.39, 0.29) is 11.9 Å². The molecule has 1 aromatic rings. The Morgan fingerprint density at radius 1 is 1.33 bits per heavy atom. The second-order valence-corrected chi connectivity index (χ2v) is 7.36. The average Bonchev–Trinajstić information content (AvgIpc) is 3.24. The van der Waals surface area contributed by atoms with Crippen LogP contribution in [-0.4, -0.2) is 47.5 Å². The van der Waals surface area contributed by atoms with Gasteiger partial charge in [0.2, 0.25) is 5.91 Å². The van der Waals surface area contributed by atoms with E-state index in [0.29, 0.717) is 12.0 Å². The molecule has 1 aliphatic carbocycles. The number of hydrogen-bond donors (Lipinski definition) is 2. The maximum absolute atomic E-state index is 12.4. The summed E-state index contributed by atoms with van der Waals surface area (Å²) in [6.07, 6.45) is 5.94. The zero-order chi connectivity index (χ0) is 16.9. The van der Waals surface area contributed by atoms with Crippen LogP contribution in [0.3, 0.4) is 0 Å². The molecule has 0 bridgehead atoms. The molecule has 0 unspecified atom stereocenters. The van der Waals surface area contributed by atoms with Crippen LogP contribution in [-0.2, 0) is 4.79 Å². The number of anilines is 1. The van der Waals surface area contributed by atoms with E-state index in [1.165, 1.54) is 12.8 Å². The number of rotatable bonds is 6. The molecule has 2 atom stereocenters. The fraction of sp³-hybridized carbons (Fsp3) is 0.684. The zero-order valence-electron chi connectivity index (χ0n) is 14.9. The van der Waals surface area contributed by atoms with Gasteiger partial charge in [0.25, 0.3) is 0 Å². The van der Waals surface area contributed by atoms with Crippen LogP contribution in [0, 0.1) is 12.8 Å². The van der Waals surface area contributed by atoms with E-state index in [4.69, 9.17) is 0 Å². The van der Waals surface area contributed by atoms with Crippen LogP contribution >= 0.6 is 0 Å². The van der Waals surface area contributed by atoms with E-state index < -0.39 is 0 Å². The molecule has 5 heteroatoms. The quantitative estimate of drug-likeness (QED) is 0.842.